The van der Waals surface area contributed by atoms with E-state index in [-0.39, 0.29) is 5.54 Å². The van der Waals surface area contributed by atoms with E-state index < -0.39 is 10.0 Å². The van der Waals surface area contributed by atoms with Crippen molar-refractivity contribution in [3.05, 3.63) is 65.9 Å². The number of fused-ring (bicyclic) bond motifs is 1. The SMILES string of the molecule is CC1(NS(=O)(=O)c2ccc3c(Cc4ccccc4)c[nH]c3c2)CC1. The molecule has 0 bridgehead atoms. The Morgan fingerprint density at radius 1 is 1.12 bits per heavy atom. The molecule has 4 nitrogen and oxygen atoms in total. The summed E-state index contributed by atoms with van der Waals surface area (Å²) in [5.41, 5.74) is 2.99. The zero-order chi connectivity index (χ0) is 16.8. The number of rotatable bonds is 5. The zero-order valence-corrected chi connectivity index (χ0v) is 14.4. The van der Waals surface area contributed by atoms with E-state index in [1.165, 1.54) is 11.1 Å². The Hall–Kier alpha value is -2.11. The van der Waals surface area contributed by atoms with Gasteiger partial charge in [0.05, 0.1) is 4.90 Å². The number of H-pyrrole nitrogens is 1. The molecule has 2 N–H and O–H groups in total. The molecule has 1 aliphatic carbocycles. The molecule has 2 aromatic carbocycles. The quantitative estimate of drug-likeness (QED) is 0.745. The molecule has 0 aliphatic heterocycles. The fourth-order valence-electron chi connectivity index (χ4n) is 2.97. The smallest absolute Gasteiger partial charge is 0.241 e. The van der Waals surface area contributed by atoms with Crippen molar-refractivity contribution in [1.82, 2.24) is 9.71 Å². The minimum Gasteiger partial charge on any atom is -0.361 e. The molecule has 0 saturated heterocycles. The van der Waals surface area contributed by atoms with Crippen LogP contribution in [0.15, 0.2) is 59.6 Å². The van der Waals surface area contributed by atoms with Crippen LogP contribution >= 0.6 is 0 Å². The molecule has 1 aliphatic rings. The Morgan fingerprint density at radius 2 is 1.88 bits per heavy atom. The van der Waals surface area contributed by atoms with Gasteiger partial charge < -0.3 is 4.98 Å². The van der Waals surface area contributed by atoms with Crippen molar-refractivity contribution in [3.8, 4) is 0 Å². The second-order valence-corrected chi connectivity index (χ2v) is 8.53. The maximum absolute atomic E-state index is 12.5. The minimum absolute atomic E-state index is 0.262. The third-order valence-corrected chi connectivity index (χ3v) is 6.30. The average molecular weight is 340 g/mol. The molecule has 0 atom stereocenters. The van der Waals surface area contributed by atoms with Crippen LogP contribution in [0, 0.1) is 0 Å². The summed E-state index contributed by atoms with van der Waals surface area (Å²) in [7, 11) is -3.47. The van der Waals surface area contributed by atoms with Crippen LogP contribution in [0.1, 0.15) is 30.9 Å². The molecule has 0 radical (unpaired) electrons. The monoisotopic (exact) mass is 340 g/mol. The van der Waals surface area contributed by atoms with Gasteiger partial charge in [0.1, 0.15) is 0 Å². The van der Waals surface area contributed by atoms with Gasteiger partial charge in [-0.05, 0) is 49.4 Å². The van der Waals surface area contributed by atoms with Gasteiger partial charge >= 0.3 is 0 Å². The number of nitrogens with one attached hydrogen (secondary N) is 2. The molecule has 1 saturated carbocycles. The lowest BCUT2D eigenvalue weighted by Crippen LogP contribution is -2.34. The second-order valence-electron chi connectivity index (χ2n) is 6.85. The molecule has 24 heavy (non-hydrogen) atoms. The Labute approximate surface area is 142 Å². The topological polar surface area (TPSA) is 62.0 Å². The molecule has 1 heterocycles. The third-order valence-electron chi connectivity index (χ3n) is 4.67. The van der Waals surface area contributed by atoms with Gasteiger partial charge in [0.15, 0.2) is 0 Å². The van der Waals surface area contributed by atoms with E-state index in [9.17, 15) is 8.42 Å². The summed E-state index contributed by atoms with van der Waals surface area (Å²) < 4.78 is 27.8. The van der Waals surface area contributed by atoms with Crippen LogP contribution in [0.2, 0.25) is 0 Å². The van der Waals surface area contributed by atoms with E-state index >= 15 is 0 Å². The molecule has 0 amide bonds. The number of hydrogen-bond donors (Lipinski definition) is 2. The Morgan fingerprint density at radius 3 is 2.58 bits per heavy atom. The summed E-state index contributed by atoms with van der Waals surface area (Å²) >= 11 is 0. The molecule has 3 aromatic rings. The van der Waals surface area contributed by atoms with E-state index in [4.69, 9.17) is 0 Å². The van der Waals surface area contributed by atoms with E-state index in [1.54, 1.807) is 12.1 Å². The van der Waals surface area contributed by atoms with Gasteiger partial charge in [0.2, 0.25) is 10.0 Å². The number of benzene rings is 2. The van der Waals surface area contributed by atoms with Crippen molar-refractivity contribution in [3.63, 3.8) is 0 Å². The van der Waals surface area contributed by atoms with Crippen molar-refractivity contribution in [1.29, 1.82) is 0 Å². The fourth-order valence-corrected chi connectivity index (χ4v) is 4.46. The first-order valence-electron chi connectivity index (χ1n) is 8.13. The summed E-state index contributed by atoms with van der Waals surface area (Å²) in [6, 6.07) is 15.6. The first-order chi connectivity index (χ1) is 11.5. The Balaban J connectivity index is 1.65. The lowest BCUT2D eigenvalue weighted by Gasteiger charge is -2.12. The highest BCUT2D eigenvalue weighted by Crippen LogP contribution is 2.36. The van der Waals surface area contributed by atoms with Crippen molar-refractivity contribution in [2.75, 3.05) is 0 Å². The number of hydrogen-bond acceptors (Lipinski definition) is 2. The van der Waals surface area contributed by atoms with Gasteiger partial charge in [-0.2, -0.15) is 0 Å². The summed E-state index contributed by atoms with van der Waals surface area (Å²) in [6.07, 6.45) is 4.59. The highest BCUT2D eigenvalue weighted by atomic mass is 32.2. The molecule has 4 rings (SSSR count). The largest absolute Gasteiger partial charge is 0.361 e. The zero-order valence-electron chi connectivity index (χ0n) is 13.5. The lowest BCUT2D eigenvalue weighted by molar-refractivity contribution is 0.558. The predicted molar refractivity (Wildman–Crippen MR) is 95.5 cm³/mol. The standard InChI is InChI=1S/C19H20N2O2S/c1-19(9-10-19)21-24(22,23)16-7-8-17-15(13-20-18(17)12-16)11-14-5-3-2-4-6-14/h2-8,12-13,20-21H,9-11H2,1H3. The average Bonchev–Trinajstić information content (AvgIpc) is 3.14. The van der Waals surface area contributed by atoms with Crippen LogP contribution in [0.3, 0.4) is 0 Å². The summed E-state index contributed by atoms with van der Waals surface area (Å²) in [4.78, 5) is 3.52. The molecular weight excluding hydrogens is 320 g/mol. The molecule has 1 fully saturated rings. The minimum atomic E-state index is -3.47. The van der Waals surface area contributed by atoms with Crippen molar-refractivity contribution in [2.24, 2.45) is 0 Å². The highest BCUT2D eigenvalue weighted by molar-refractivity contribution is 7.89. The van der Waals surface area contributed by atoms with Gasteiger partial charge in [-0.25, -0.2) is 13.1 Å². The predicted octanol–water partition coefficient (Wildman–Crippen LogP) is 3.59. The Bertz CT molecular complexity index is 987. The van der Waals surface area contributed by atoms with Crippen LogP contribution in [0.5, 0.6) is 0 Å². The van der Waals surface area contributed by atoms with Gasteiger partial charge in [-0.15, -0.1) is 0 Å². The van der Waals surface area contributed by atoms with Crippen molar-refractivity contribution >= 4 is 20.9 Å². The van der Waals surface area contributed by atoms with E-state index in [2.05, 4.69) is 21.8 Å². The van der Waals surface area contributed by atoms with Gasteiger partial charge in [-0.3, -0.25) is 0 Å². The van der Waals surface area contributed by atoms with E-state index in [0.717, 1.165) is 30.2 Å². The highest BCUT2D eigenvalue weighted by Gasteiger charge is 2.41. The molecule has 124 valence electrons. The summed E-state index contributed by atoms with van der Waals surface area (Å²) in [6.45, 7) is 1.94. The summed E-state index contributed by atoms with van der Waals surface area (Å²) in [5, 5.41) is 1.07. The lowest BCUT2D eigenvalue weighted by atomic mass is 10.0. The normalized spacial score (nSPS) is 16.4. The maximum atomic E-state index is 12.5. The molecule has 1 aromatic heterocycles. The van der Waals surface area contributed by atoms with Crippen LogP contribution in [-0.2, 0) is 16.4 Å². The Kier molecular flexibility index (Phi) is 3.51. The molecular formula is C19H20N2O2S. The van der Waals surface area contributed by atoms with E-state index in [1.807, 2.05) is 37.4 Å². The van der Waals surface area contributed by atoms with Crippen molar-refractivity contribution in [2.45, 2.75) is 36.6 Å². The van der Waals surface area contributed by atoms with E-state index in [0.29, 0.717) is 4.90 Å². The first kappa shape index (κ1) is 15.4. The van der Waals surface area contributed by atoms with Crippen LogP contribution in [0.4, 0.5) is 0 Å². The molecule has 5 heteroatoms. The second kappa shape index (κ2) is 5.46. The number of aromatic nitrogens is 1. The van der Waals surface area contributed by atoms with Gasteiger partial charge in [-0.1, -0.05) is 36.4 Å². The molecule has 0 spiro atoms. The van der Waals surface area contributed by atoms with Crippen LogP contribution in [0.25, 0.3) is 10.9 Å². The van der Waals surface area contributed by atoms with Crippen LogP contribution in [-0.4, -0.2) is 18.9 Å². The fraction of sp³-hybridized carbons (Fsp3) is 0.263. The first-order valence-corrected chi connectivity index (χ1v) is 9.62. The third kappa shape index (κ3) is 2.97. The van der Waals surface area contributed by atoms with Crippen molar-refractivity contribution < 1.29 is 8.42 Å². The maximum Gasteiger partial charge on any atom is 0.241 e. The van der Waals surface area contributed by atoms with Gasteiger partial charge in [0, 0.05) is 22.6 Å². The van der Waals surface area contributed by atoms with Crippen LogP contribution < -0.4 is 4.72 Å². The molecule has 0 unspecified atom stereocenters. The number of sulfonamides is 1. The van der Waals surface area contributed by atoms with Gasteiger partial charge in [0.25, 0.3) is 0 Å². The summed E-state index contributed by atoms with van der Waals surface area (Å²) in [5.74, 6) is 0. The number of aromatic amines is 1.